The van der Waals surface area contributed by atoms with Crippen molar-refractivity contribution >= 4 is 11.7 Å². The van der Waals surface area contributed by atoms with Crippen molar-refractivity contribution in [1.82, 2.24) is 4.57 Å². The molecule has 0 aliphatic heterocycles. The minimum Gasteiger partial charge on any atom is -0.469 e. The number of para-hydroxylation sites is 1. The Hall–Kier alpha value is -3.08. The third-order valence-electron chi connectivity index (χ3n) is 3.76. The van der Waals surface area contributed by atoms with E-state index in [1.54, 1.807) is 6.26 Å². The van der Waals surface area contributed by atoms with Gasteiger partial charge in [0.2, 0.25) is 0 Å². The van der Waals surface area contributed by atoms with Gasteiger partial charge in [-0.1, -0.05) is 48.5 Å². The lowest BCUT2D eigenvalue weighted by atomic mass is 10.1. The first-order valence-electron chi connectivity index (χ1n) is 7.58. The van der Waals surface area contributed by atoms with Gasteiger partial charge in [-0.3, -0.25) is 9.36 Å². The highest BCUT2D eigenvalue weighted by molar-refractivity contribution is 5.74. The van der Waals surface area contributed by atoms with Crippen molar-refractivity contribution in [3.05, 3.63) is 72.1 Å². The molecule has 2 aromatic carbocycles. The van der Waals surface area contributed by atoms with Gasteiger partial charge in [0.15, 0.2) is 0 Å². The van der Waals surface area contributed by atoms with Crippen molar-refractivity contribution < 1.29 is 13.9 Å². The minimum absolute atomic E-state index is 0.173. The van der Waals surface area contributed by atoms with Crippen LogP contribution in [0.3, 0.4) is 0 Å². The Morgan fingerprint density at radius 2 is 1.83 bits per heavy atom. The predicted molar refractivity (Wildman–Crippen MR) is 90.5 cm³/mol. The van der Waals surface area contributed by atoms with E-state index in [0.717, 1.165) is 16.8 Å². The van der Waals surface area contributed by atoms with Crippen LogP contribution in [0, 0.1) is 0 Å². The number of hydrogen-bond donors (Lipinski definition) is 0. The molecule has 0 atom stereocenters. The molecule has 0 aliphatic rings. The van der Waals surface area contributed by atoms with E-state index in [1.165, 1.54) is 7.11 Å². The number of carbonyl (C=O) groups is 1. The van der Waals surface area contributed by atoms with E-state index < -0.39 is 0 Å². The van der Waals surface area contributed by atoms with Crippen LogP contribution in [0.4, 0.5) is 5.69 Å². The molecule has 0 aliphatic carbocycles. The molecule has 1 aromatic heterocycles. The zero-order valence-corrected chi connectivity index (χ0v) is 13.6. The number of rotatable bonds is 4. The van der Waals surface area contributed by atoms with Crippen molar-refractivity contribution in [2.24, 2.45) is 12.0 Å². The van der Waals surface area contributed by atoms with E-state index >= 15 is 0 Å². The average molecular weight is 322 g/mol. The van der Waals surface area contributed by atoms with Gasteiger partial charge in [0.25, 0.3) is 0 Å². The number of hydrogen-bond acceptors (Lipinski definition) is 4. The Balaban J connectivity index is 2.02. The largest absolute Gasteiger partial charge is 0.469 e. The molecule has 3 aromatic rings. The lowest BCUT2D eigenvalue weighted by molar-refractivity contribution is -0.139. The minimum atomic E-state index is -0.300. The molecule has 0 amide bonds. The van der Waals surface area contributed by atoms with Crippen molar-refractivity contribution in [1.29, 1.82) is 0 Å². The number of benzene rings is 2. The van der Waals surface area contributed by atoms with Gasteiger partial charge in [-0.2, -0.15) is 4.99 Å². The molecule has 0 saturated heterocycles. The monoisotopic (exact) mass is 322 g/mol. The maximum atomic E-state index is 11.5. The molecular formula is C19H18N2O3. The Morgan fingerprint density at radius 1 is 1.12 bits per heavy atom. The number of ether oxygens (including phenoxy) is 1. The molecule has 0 saturated carbocycles. The summed E-state index contributed by atoms with van der Waals surface area (Å²) in [6.45, 7) is 0. The van der Waals surface area contributed by atoms with Gasteiger partial charge >= 0.3 is 11.7 Å². The van der Waals surface area contributed by atoms with Crippen molar-refractivity contribution in [3.63, 3.8) is 0 Å². The molecule has 5 nitrogen and oxygen atoms in total. The van der Waals surface area contributed by atoms with Gasteiger partial charge in [-0.15, -0.1) is 0 Å². The summed E-state index contributed by atoms with van der Waals surface area (Å²) < 4.78 is 12.2. The van der Waals surface area contributed by atoms with Crippen molar-refractivity contribution in [3.8, 4) is 11.3 Å². The molecule has 0 spiro atoms. The summed E-state index contributed by atoms with van der Waals surface area (Å²) in [4.78, 5) is 16.1. The van der Waals surface area contributed by atoms with E-state index in [4.69, 9.17) is 9.15 Å². The Bertz CT molecular complexity index is 908. The first-order valence-corrected chi connectivity index (χ1v) is 7.58. The van der Waals surface area contributed by atoms with Crippen molar-refractivity contribution in [2.75, 3.05) is 7.11 Å². The van der Waals surface area contributed by atoms with Crippen LogP contribution >= 0.6 is 0 Å². The zero-order chi connectivity index (χ0) is 16.9. The van der Waals surface area contributed by atoms with E-state index in [1.807, 2.05) is 66.2 Å². The molecule has 0 N–H and O–H groups in total. The Kier molecular flexibility index (Phi) is 4.61. The molecule has 0 bridgehead atoms. The zero-order valence-electron chi connectivity index (χ0n) is 13.6. The van der Waals surface area contributed by atoms with Gasteiger partial charge in [0.1, 0.15) is 6.26 Å². The average Bonchev–Trinajstić information content (AvgIpc) is 2.98. The summed E-state index contributed by atoms with van der Waals surface area (Å²) in [5, 5.41) is 0. The van der Waals surface area contributed by atoms with Crippen LogP contribution in [-0.4, -0.2) is 17.6 Å². The van der Waals surface area contributed by atoms with Crippen LogP contribution in [0.15, 0.2) is 70.3 Å². The lowest BCUT2D eigenvalue weighted by Crippen LogP contribution is -2.13. The van der Waals surface area contributed by atoms with E-state index in [0.29, 0.717) is 11.4 Å². The maximum Gasteiger partial charge on any atom is 0.310 e. The van der Waals surface area contributed by atoms with Crippen LogP contribution in [-0.2, 0) is 23.0 Å². The van der Waals surface area contributed by atoms with Crippen LogP contribution in [0.1, 0.15) is 5.56 Å². The van der Waals surface area contributed by atoms with Crippen LogP contribution in [0.5, 0.6) is 0 Å². The highest BCUT2D eigenvalue weighted by atomic mass is 16.5. The summed E-state index contributed by atoms with van der Waals surface area (Å²) in [5.41, 5.74) is 3.92. The van der Waals surface area contributed by atoms with Crippen LogP contribution in [0.2, 0.25) is 0 Å². The lowest BCUT2D eigenvalue weighted by Gasteiger charge is -2.04. The smallest absolute Gasteiger partial charge is 0.310 e. The molecule has 5 heteroatoms. The molecule has 1 heterocycles. The van der Waals surface area contributed by atoms with E-state index in [-0.39, 0.29) is 12.4 Å². The second-order valence-electron chi connectivity index (χ2n) is 5.32. The number of nitrogens with zero attached hydrogens (tertiary/aromatic N) is 2. The molecule has 0 fully saturated rings. The second-order valence-corrected chi connectivity index (χ2v) is 5.32. The normalized spacial score (nSPS) is 11.5. The molecule has 0 unspecified atom stereocenters. The van der Waals surface area contributed by atoms with Crippen molar-refractivity contribution in [2.45, 2.75) is 6.42 Å². The Morgan fingerprint density at radius 3 is 2.58 bits per heavy atom. The topological polar surface area (TPSA) is 56.7 Å². The molecule has 3 rings (SSSR count). The highest BCUT2D eigenvalue weighted by Crippen LogP contribution is 2.20. The molecule has 0 radical (unpaired) electrons. The van der Waals surface area contributed by atoms with E-state index in [9.17, 15) is 4.79 Å². The number of esters is 1. The third kappa shape index (κ3) is 3.30. The predicted octanol–water partition coefficient (Wildman–Crippen LogP) is 3.23. The van der Waals surface area contributed by atoms with Gasteiger partial charge in [-0.05, 0) is 11.6 Å². The number of aromatic nitrogens is 1. The first-order chi connectivity index (χ1) is 11.7. The summed E-state index contributed by atoms with van der Waals surface area (Å²) in [5.74, 6) is -0.300. The molecule has 122 valence electrons. The SMILES string of the molecule is COC(=O)Cc1ccccc1N=c1occ(-c2ccccc2)n1C. The van der Waals surface area contributed by atoms with Gasteiger partial charge in [0, 0.05) is 12.6 Å². The first kappa shape index (κ1) is 15.8. The fourth-order valence-electron chi connectivity index (χ4n) is 2.44. The highest BCUT2D eigenvalue weighted by Gasteiger charge is 2.09. The summed E-state index contributed by atoms with van der Waals surface area (Å²) in [6.07, 6.45) is 1.85. The van der Waals surface area contributed by atoms with E-state index in [2.05, 4.69) is 4.99 Å². The summed E-state index contributed by atoms with van der Waals surface area (Å²) in [6, 6.07) is 17.4. The number of methoxy groups -OCH3 is 1. The quantitative estimate of drug-likeness (QED) is 0.693. The second kappa shape index (κ2) is 7.00. The summed E-state index contributed by atoms with van der Waals surface area (Å²) in [7, 11) is 3.27. The number of carbonyl (C=O) groups excluding carboxylic acids is 1. The van der Waals surface area contributed by atoms with Gasteiger partial charge < -0.3 is 9.15 Å². The number of oxazole rings is 1. The Labute approximate surface area is 139 Å². The molecular weight excluding hydrogens is 304 g/mol. The fraction of sp³-hybridized carbons (Fsp3) is 0.158. The maximum absolute atomic E-state index is 11.5. The summed E-state index contributed by atoms with van der Waals surface area (Å²) >= 11 is 0. The molecule has 24 heavy (non-hydrogen) atoms. The standard InChI is InChI=1S/C19H18N2O3/c1-21-17(14-8-4-3-5-9-14)13-24-19(21)20-16-11-7-6-10-15(16)12-18(22)23-2/h3-11,13H,12H2,1-2H3. The van der Waals surface area contributed by atoms with Crippen LogP contribution < -0.4 is 5.68 Å². The van der Waals surface area contributed by atoms with Gasteiger partial charge in [-0.25, -0.2) is 0 Å². The van der Waals surface area contributed by atoms with Gasteiger partial charge in [0.05, 0.1) is 24.9 Å². The van der Waals surface area contributed by atoms with Crippen LogP contribution in [0.25, 0.3) is 11.3 Å². The fourth-order valence-corrected chi connectivity index (χ4v) is 2.44. The third-order valence-corrected chi connectivity index (χ3v) is 3.76.